The Labute approximate surface area is 133 Å². The molecular weight excluding hydrogens is 334 g/mol. The molecule has 0 bridgehead atoms. The zero-order valence-electron chi connectivity index (χ0n) is 12.5. The monoisotopic (exact) mass is 353 g/mol. The molecule has 1 aromatic rings. The van der Waals surface area contributed by atoms with Gasteiger partial charge in [-0.1, -0.05) is 6.07 Å². The maximum atomic E-state index is 11.4. The van der Waals surface area contributed by atoms with Crippen LogP contribution in [0.25, 0.3) is 0 Å². The van der Waals surface area contributed by atoms with E-state index in [0.29, 0.717) is 0 Å². The van der Waals surface area contributed by atoms with Crippen molar-refractivity contribution in [2.24, 2.45) is 0 Å². The summed E-state index contributed by atoms with van der Waals surface area (Å²) in [5.41, 5.74) is 2.06. The highest BCUT2D eigenvalue weighted by Crippen LogP contribution is 2.28. The molecule has 114 valence electrons. The third-order valence-corrected chi connectivity index (χ3v) is 3.76. The quantitative estimate of drug-likeness (QED) is 0.813. The lowest BCUT2D eigenvalue weighted by Crippen LogP contribution is -2.51. The maximum Gasteiger partial charge on any atom is 0.246 e. The Bertz CT molecular complexity index is 551. The number of anilines is 1. The van der Waals surface area contributed by atoms with Gasteiger partial charge in [0, 0.05) is 16.6 Å². The van der Waals surface area contributed by atoms with Crippen LogP contribution in [0.1, 0.15) is 26.3 Å². The number of imide groups is 1. The molecule has 0 radical (unpaired) electrons. The Morgan fingerprint density at radius 2 is 1.86 bits per heavy atom. The lowest BCUT2D eigenvalue weighted by molar-refractivity contribution is -0.130. The number of halogens is 1. The molecule has 1 aliphatic heterocycles. The zero-order valence-corrected chi connectivity index (χ0v) is 14.1. The summed E-state index contributed by atoms with van der Waals surface area (Å²) < 4.78 is 0.887. The average Bonchev–Trinajstić information content (AvgIpc) is 2.34. The minimum Gasteiger partial charge on any atom is -0.352 e. The van der Waals surface area contributed by atoms with E-state index in [2.05, 4.69) is 47.3 Å². The van der Waals surface area contributed by atoms with Gasteiger partial charge in [0.15, 0.2) is 0 Å². The van der Waals surface area contributed by atoms with Gasteiger partial charge in [-0.25, -0.2) is 0 Å². The van der Waals surface area contributed by atoms with Gasteiger partial charge < -0.3 is 10.2 Å². The van der Waals surface area contributed by atoms with E-state index >= 15 is 0 Å². The van der Waals surface area contributed by atoms with Crippen LogP contribution < -0.4 is 15.5 Å². The number of hydrogen-bond acceptors (Lipinski definition) is 4. The van der Waals surface area contributed by atoms with Crippen LogP contribution in [0.15, 0.2) is 22.7 Å². The summed E-state index contributed by atoms with van der Waals surface area (Å²) in [7, 11) is 0. The van der Waals surface area contributed by atoms with E-state index in [1.54, 1.807) is 4.90 Å². The molecule has 0 spiro atoms. The molecule has 1 aliphatic rings. The predicted molar refractivity (Wildman–Crippen MR) is 86.1 cm³/mol. The molecule has 21 heavy (non-hydrogen) atoms. The van der Waals surface area contributed by atoms with Crippen molar-refractivity contribution in [1.29, 1.82) is 0 Å². The molecule has 1 aromatic carbocycles. The number of carbonyl (C=O) groups excluding carboxylic acids is 2. The Balaban J connectivity index is 2.12. The highest BCUT2D eigenvalue weighted by atomic mass is 79.9. The van der Waals surface area contributed by atoms with Gasteiger partial charge in [0.05, 0.1) is 18.8 Å². The lowest BCUT2D eigenvalue weighted by atomic mass is 10.1. The van der Waals surface area contributed by atoms with E-state index in [1.807, 2.05) is 18.2 Å². The van der Waals surface area contributed by atoms with Gasteiger partial charge in [-0.3, -0.25) is 14.9 Å². The number of benzene rings is 1. The topological polar surface area (TPSA) is 61.4 Å². The van der Waals surface area contributed by atoms with Crippen LogP contribution in [0.2, 0.25) is 0 Å². The minimum atomic E-state index is -0.267. The second kappa shape index (κ2) is 6.15. The standard InChI is InChI=1S/C15H20BrN3O2/c1-15(2,3)17-7-10-4-5-12(11(16)6-10)19-8-13(20)18-14(21)9-19/h4-6,17H,7-9H2,1-3H3,(H,18,20,21). The Morgan fingerprint density at radius 1 is 1.24 bits per heavy atom. The van der Waals surface area contributed by atoms with Gasteiger partial charge in [-0.15, -0.1) is 0 Å². The molecule has 2 amide bonds. The molecule has 0 atom stereocenters. The fraction of sp³-hybridized carbons (Fsp3) is 0.467. The fourth-order valence-electron chi connectivity index (χ4n) is 2.09. The molecule has 1 saturated heterocycles. The number of piperazine rings is 1. The minimum absolute atomic E-state index is 0.0581. The van der Waals surface area contributed by atoms with Crippen molar-refractivity contribution in [2.45, 2.75) is 32.9 Å². The highest BCUT2D eigenvalue weighted by Gasteiger charge is 2.24. The second-order valence-electron chi connectivity index (χ2n) is 6.22. The van der Waals surface area contributed by atoms with E-state index < -0.39 is 0 Å². The molecule has 0 aromatic heterocycles. The van der Waals surface area contributed by atoms with Gasteiger partial charge in [0.1, 0.15) is 0 Å². The third-order valence-electron chi connectivity index (χ3n) is 3.12. The Hall–Kier alpha value is -1.40. The van der Waals surface area contributed by atoms with Crippen molar-refractivity contribution in [3.8, 4) is 0 Å². The molecule has 0 saturated carbocycles. The van der Waals surface area contributed by atoms with E-state index in [-0.39, 0.29) is 30.4 Å². The highest BCUT2D eigenvalue weighted by molar-refractivity contribution is 9.10. The zero-order chi connectivity index (χ0) is 15.6. The van der Waals surface area contributed by atoms with E-state index in [9.17, 15) is 9.59 Å². The number of amides is 2. The van der Waals surface area contributed by atoms with Crippen molar-refractivity contribution < 1.29 is 9.59 Å². The average molecular weight is 354 g/mol. The first-order valence-corrected chi connectivity index (χ1v) is 7.65. The molecule has 1 fully saturated rings. The van der Waals surface area contributed by atoms with Crippen molar-refractivity contribution in [3.63, 3.8) is 0 Å². The largest absolute Gasteiger partial charge is 0.352 e. The summed E-state index contributed by atoms with van der Waals surface area (Å²) in [5.74, 6) is -0.534. The van der Waals surface area contributed by atoms with Gasteiger partial charge >= 0.3 is 0 Å². The number of rotatable bonds is 3. The Morgan fingerprint density at radius 3 is 2.38 bits per heavy atom. The third kappa shape index (κ3) is 4.54. The first-order chi connectivity index (χ1) is 9.74. The van der Waals surface area contributed by atoms with Gasteiger partial charge in [0.2, 0.25) is 11.8 Å². The van der Waals surface area contributed by atoms with E-state index in [0.717, 1.165) is 22.3 Å². The molecule has 2 rings (SSSR count). The van der Waals surface area contributed by atoms with Gasteiger partial charge in [-0.2, -0.15) is 0 Å². The molecule has 1 heterocycles. The smallest absolute Gasteiger partial charge is 0.246 e. The van der Waals surface area contributed by atoms with Crippen LogP contribution in [0.5, 0.6) is 0 Å². The second-order valence-corrected chi connectivity index (χ2v) is 7.07. The molecule has 0 aliphatic carbocycles. The first-order valence-electron chi connectivity index (χ1n) is 6.86. The maximum absolute atomic E-state index is 11.4. The van der Waals surface area contributed by atoms with E-state index in [1.165, 1.54) is 0 Å². The van der Waals surface area contributed by atoms with E-state index in [4.69, 9.17) is 0 Å². The molecule has 6 heteroatoms. The van der Waals surface area contributed by atoms with Crippen molar-refractivity contribution in [3.05, 3.63) is 28.2 Å². The number of nitrogens with one attached hydrogen (secondary N) is 2. The van der Waals surface area contributed by atoms with Crippen LogP contribution >= 0.6 is 15.9 Å². The fourth-order valence-corrected chi connectivity index (χ4v) is 2.77. The summed E-state index contributed by atoms with van der Waals surface area (Å²) in [4.78, 5) is 24.7. The number of nitrogens with zero attached hydrogens (tertiary/aromatic N) is 1. The normalized spacial score (nSPS) is 16.1. The summed E-state index contributed by atoms with van der Waals surface area (Å²) in [6.07, 6.45) is 0. The SMILES string of the molecule is CC(C)(C)NCc1ccc(N2CC(=O)NC(=O)C2)c(Br)c1. The van der Waals surface area contributed by atoms with Crippen LogP contribution in [0, 0.1) is 0 Å². The molecule has 5 nitrogen and oxygen atoms in total. The van der Waals surface area contributed by atoms with Gasteiger partial charge in [0.25, 0.3) is 0 Å². The van der Waals surface area contributed by atoms with Crippen molar-refractivity contribution in [2.75, 3.05) is 18.0 Å². The van der Waals surface area contributed by atoms with Crippen LogP contribution in [0.4, 0.5) is 5.69 Å². The number of hydrogen-bond donors (Lipinski definition) is 2. The molecular formula is C15H20BrN3O2. The summed E-state index contributed by atoms with van der Waals surface area (Å²) in [6.45, 7) is 7.52. The first kappa shape index (κ1) is 16.0. The molecule has 2 N–H and O–H groups in total. The molecule has 0 unspecified atom stereocenters. The van der Waals surface area contributed by atoms with Crippen LogP contribution in [-0.2, 0) is 16.1 Å². The summed E-state index contributed by atoms with van der Waals surface area (Å²) in [6, 6.07) is 5.97. The van der Waals surface area contributed by atoms with Crippen molar-refractivity contribution in [1.82, 2.24) is 10.6 Å². The Kier molecular flexibility index (Phi) is 4.68. The lowest BCUT2D eigenvalue weighted by Gasteiger charge is -2.28. The van der Waals surface area contributed by atoms with Gasteiger partial charge in [-0.05, 0) is 54.4 Å². The van der Waals surface area contributed by atoms with Crippen molar-refractivity contribution >= 4 is 33.4 Å². The summed E-state index contributed by atoms with van der Waals surface area (Å²) >= 11 is 3.53. The number of carbonyl (C=O) groups is 2. The van der Waals surface area contributed by atoms with Crippen LogP contribution in [0.3, 0.4) is 0 Å². The van der Waals surface area contributed by atoms with Crippen LogP contribution in [-0.4, -0.2) is 30.4 Å². The predicted octanol–water partition coefficient (Wildman–Crippen LogP) is 1.80. The summed E-state index contributed by atoms with van der Waals surface area (Å²) in [5, 5.41) is 5.73.